The molecule has 23 heavy (non-hydrogen) atoms. The number of hydrogen-bond donors (Lipinski definition) is 1. The van der Waals surface area contributed by atoms with E-state index in [0.717, 1.165) is 40.9 Å². The van der Waals surface area contributed by atoms with Crippen molar-refractivity contribution in [1.82, 2.24) is 4.90 Å². The van der Waals surface area contributed by atoms with Crippen LogP contribution < -0.4 is 5.32 Å². The summed E-state index contributed by atoms with van der Waals surface area (Å²) in [5.74, 6) is 0.552. The van der Waals surface area contributed by atoms with Crippen LogP contribution in [0.4, 0.5) is 5.69 Å². The fraction of sp³-hybridized carbons (Fsp3) is 0.316. The van der Waals surface area contributed by atoms with Gasteiger partial charge in [-0.2, -0.15) is 0 Å². The lowest BCUT2D eigenvalue weighted by atomic mass is 9.98. The van der Waals surface area contributed by atoms with Crippen LogP contribution in [0.3, 0.4) is 0 Å². The number of nitrogens with zero attached hydrogens (tertiary/aromatic N) is 1. The molecule has 1 fully saturated rings. The molecule has 1 aliphatic rings. The summed E-state index contributed by atoms with van der Waals surface area (Å²) in [5.41, 5.74) is 4.73. The first-order chi connectivity index (χ1) is 11.0. The van der Waals surface area contributed by atoms with Crippen LogP contribution in [0.2, 0.25) is 5.02 Å². The molecule has 0 amide bonds. The van der Waals surface area contributed by atoms with Gasteiger partial charge in [-0.25, -0.2) is 0 Å². The van der Waals surface area contributed by atoms with Crippen molar-refractivity contribution in [2.75, 3.05) is 18.4 Å². The first-order valence-electron chi connectivity index (χ1n) is 7.92. The summed E-state index contributed by atoms with van der Waals surface area (Å²) in [7, 11) is 0. The Labute approximate surface area is 148 Å². The lowest BCUT2D eigenvalue weighted by Crippen LogP contribution is -2.32. The molecule has 0 aromatic heterocycles. The van der Waals surface area contributed by atoms with Crippen LogP contribution >= 0.6 is 23.8 Å². The van der Waals surface area contributed by atoms with Crippen molar-refractivity contribution in [3.63, 3.8) is 0 Å². The maximum absolute atomic E-state index is 6.18. The fourth-order valence-electron chi connectivity index (χ4n) is 2.99. The maximum Gasteiger partial charge on any atom is 0.173 e. The predicted molar refractivity (Wildman–Crippen MR) is 103 cm³/mol. The molecule has 0 bridgehead atoms. The van der Waals surface area contributed by atoms with Crippen molar-refractivity contribution < 1.29 is 0 Å². The first-order valence-corrected chi connectivity index (χ1v) is 8.71. The highest BCUT2D eigenvalue weighted by Gasteiger charge is 2.25. The quantitative estimate of drug-likeness (QED) is 0.759. The summed E-state index contributed by atoms with van der Waals surface area (Å²) in [5, 5.41) is 4.89. The smallest absolute Gasteiger partial charge is 0.173 e. The van der Waals surface area contributed by atoms with E-state index in [1.54, 1.807) is 0 Å². The van der Waals surface area contributed by atoms with Gasteiger partial charge in [-0.15, -0.1) is 0 Å². The van der Waals surface area contributed by atoms with Crippen molar-refractivity contribution in [2.45, 2.75) is 26.2 Å². The van der Waals surface area contributed by atoms with Gasteiger partial charge >= 0.3 is 0 Å². The van der Waals surface area contributed by atoms with Gasteiger partial charge < -0.3 is 10.2 Å². The Bertz CT molecular complexity index is 712. The number of anilines is 1. The van der Waals surface area contributed by atoms with Crippen LogP contribution in [0.1, 0.15) is 29.0 Å². The highest BCUT2D eigenvalue weighted by atomic mass is 35.5. The Morgan fingerprint density at radius 2 is 1.91 bits per heavy atom. The van der Waals surface area contributed by atoms with Gasteiger partial charge in [-0.1, -0.05) is 47.5 Å². The van der Waals surface area contributed by atoms with Crippen molar-refractivity contribution in [2.24, 2.45) is 0 Å². The normalized spacial score (nSPS) is 17.3. The second-order valence-corrected chi connectivity index (χ2v) is 6.98. The lowest BCUT2D eigenvalue weighted by molar-refractivity contribution is 0.518. The highest BCUT2D eigenvalue weighted by molar-refractivity contribution is 7.80. The molecule has 2 nitrogen and oxygen atoms in total. The number of thiocarbonyl (C=S) groups is 1. The van der Waals surface area contributed by atoms with E-state index < -0.39 is 0 Å². The van der Waals surface area contributed by atoms with Crippen LogP contribution in [0.5, 0.6) is 0 Å². The van der Waals surface area contributed by atoms with E-state index in [-0.39, 0.29) is 0 Å². The summed E-state index contributed by atoms with van der Waals surface area (Å²) in [4.78, 5) is 2.25. The lowest BCUT2D eigenvalue weighted by Gasteiger charge is -2.22. The molecule has 1 atom stereocenters. The summed E-state index contributed by atoms with van der Waals surface area (Å²) in [6.45, 7) is 6.09. The molecule has 1 N–H and O–H groups in total. The van der Waals surface area contributed by atoms with Gasteiger partial charge in [0, 0.05) is 29.7 Å². The zero-order valence-electron chi connectivity index (χ0n) is 13.5. The maximum atomic E-state index is 6.18. The third-order valence-corrected chi connectivity index (χ3v) is 5.30. The Balaban J connectivity index is 1.65. The van der Waals surface area contributed by atoms with Gasteiger partial charge in [-0.3, -0.25) is 0 Å². The molecule has 1 heterocycles. The fourth-order valence-corrected chi connectivity index (χ4v) is 3.44. The minimum Gasteiger partial charge on any atom is -0.348 e. The molecule has 2 aromatic carbocycles. The number of halogens is 1. The summed E-state index contributed by atoms with van der Waals surface area (Å²) < 4.78 is 0. The van der Waals surface area contributed by atoms with E-state index in [1.165, 1.54) is 11.1 Å². The van der Waals surface area contributed by atoms with Gasteiger partial charge in [0.25, 0.3) is 0 Å². The average molecular weight is 345 g/mol. The van der Waals surface area contributed by atoms with Crippen molar-refractivity contribution >= 4 is 34.6 Å². The largest absolute Gasteiger partial charge is 0.348 e. The van der Waals surface area contributed by atoms with Crippen LogP contribution in [0, 0.1) is 13.8 Å². The number of nitrogens with one attached hydrogen (secondary N) is 1. The second-order valence-electron chi connectivity index (χ2n) is 6.18. The number of hydrogen-bond acceptors (Lipinski definition) is 1. The Kier molecular flexibility index (Phi) is 4.88. The number of benzene rings is 2. The number of likely N-dealkylation sites (tertiary alicyclic amines) is 1. The van der Waals surface area contributed by atoms with Crippen LogP contribution in [-0.4, -0.2) is 23.1 Å². The van der Waals surface area contributed by atoms with Gasteiger partial charge in [0.1, 0.15) is 0 Å². The van der Waals surface area contributed by atoms with Crippen LogP contribution in [0.15, 0.2) is 42.5 Å². The van der Waals surface area contributed by atoms with E-state index >= 15 is 0 Å². The Morgan fingerprint density at radius 3 is 2.65 bits per heavy atom. The summed E-state index contributed by atoms with van der Waals surface area (Å²) >= 11 is 11.8. The molecule has 0 aliphatic carbocycles. The molecule has 0 radical (unpaired) electrons. The monoisotopic (exact) mass is 344 g/mol. The van der Waals surface area contributed by atoms with Gasteiger partial charge in [0.2, 0.25) is 0 Å². The Hall–Kier alpha value is -1.58. The SMILES string of the molecule is Cc1ccc([C@H]2CCN(C(=S)Nc3cccc(Cl)c3C)C2)cc1. The summed E-state index contributed by atoms with van der Waals surface area (Å²) in [6.07, 6.45) is 1.14. The van der Waals surface area contributed by atoms with Crippen molar-refractivity contribution in [3.05, 3.63) is 64.2 Å². The van der Waals surface area contributed by atoms with Gasteiger partial charge in [0.15, 0.2) is 5.11 Å². The molecule has 0 spiro atoms. The van der Waals surface area contributed by atoms with Gasteiger partial charge in [-0.05, 0) is 55.7 Å². The first kappa shape index (κ1) is 16.3. The minimum atomic E-state index is 0.552. The third kappa shape index (κ3) is 3.67. The molecular weight excluding hydrogens is 324 g/mol. The summed E-state index contributed by atoms with van der Waals surface area (Å²) in [6, 6.07) is 14.7. The minimum absolute atomic E-state index is 0.552. The van der Waals surface area contributed by atoms with E-state index in [4.69, 9.17) is 23.8 Å². The standard InChI is InChI=1S/C19H21ClN2S/c1-13-6-8-15(9-7-13)16-10-11-22(12-16)19(23)21-18-5-3-4-17(20)14(18)2/h3-9,16H,10-12H2,1-2H3,(H,21,23)/t16-/m0/s1. The van der Waals surface area contributed by atoms with Crippen molar-refractivity contribution in [1.29, 1.82) is 0 Å². The number of rotatable bonds is 2. The molecule has 0 unspecified atom stereocenters. The van der Waals surface area contributed by atoms with Crippen molar-refractivity contribution in [3.8, 4) is 0 Å². The number of aryl methyl sites for hydroxylation is 1. The van der Waals surface area contributed by atoms with Crippen LogP contribution in [-0.2, 0) is 0 Å². The zero-order valence-corrected chi connectivity index (χ0v) is 15.0. The molecular formula is C19H21ClN2S. The van der Waals surface area contributed by atoms with Crippen LogP contribution in [0.25, 0.3) is 0 Å². The topological polar surface area (TPSA) is 15.3 Å². The highest BCUT2D eigenvalue weighted by Crippen LogP contribution is 2.29. The molecule has 120 valence electrons. The second kappa shape index (κ2) is 6.90. The van der Waals surface area contributed by atoms with Gasteiger partial charge in [0.05, 0.1) is 0 Å². The molecule has 4 heteroatoms. The predicted octanol–water partition coefficient (Wildman–Crippen LogP) is 5.14. The molecule has 1 aliphatic heterocycles. The molecule has 3 rings (SSSR count). The van der Waals surface area contributed by atoms with E-state index in [2.05, 4.69) is 41.4 Å². The van der Waals surface area contributed by atoms with E-state index in [1.807, 2.05) is 25.1 Å². The third-order valence-electron chi connectivity index (χ3n) is 4.53. The molecule has 2 aromatic rings. The van der Waals surface area contributed by atoms with E-state index in [9.17, 15) is 0 Å². The molecule has 0 saturated carbocycles. The zero-order chi connectivity index (χ0) is 16.4. The Morgan fingerprint density at radius 1 is 1.17 bits per heavy atom. The molecule has 1 saturated heterocycles. The van der Waals surface area contributed by atoms with E-state index in [0.29, 0.717) is 5.92 Å². The average Bonchev–Trinajstić information content (AvgIpc) is 3.02.